The summed E-state index contributed by atoms with van der Waals surface area (Å²) in [5.41, 5.74) is 0.0345. The first-order chi connectivity index (χ1) is 9.80. The predicted molar refractivity (Wildman–Crippen MR) is 72.8 cm³/mol. The van der Waals surface area contributed by atoms with E-state index in [0.29, 0.717) is 24.4 Å². The van der Waals surface area contributed by atoms with Crippen LogP contribution in [0, 0.1) is 0 Å². The van der Waals surface area contributed by atoms with Crippen LogP contribution in [0.5, 0.6) is 0 Å². The zero-order chi connectivity index (χ0) is 15.6. The SMILES string of the molecule is CCOC(=O)c1nc2c(o1)CCN(C(=O)OC(C)(C)C)C2. The van der Waals surface area contributed by atoms with Crippen LogP contribution in [0.3, 0.4) is 0 Å². The highest BCUT2D eigenvalue weighted by Gasteiger charge is 2.30. The molecule has 0 N–H and O–H groups in total. The number of fused-ring (bicyclic) bond motifs is 1. The lowest BCUT2D eigenvalue weighted by atomic mass is 10.2. The second kappa shape index (κ2) is 5.75. The van der Waals surface area contributed by atoms with Gasteiger partial charge in [0.15, 0.2) is 0 Å². The summed E-state index contributed by atoms with van der Waals surface area (Å²) in [5.74, 6) is -0.0264. The van der Waals surface area contributed by atoms with E-state index in [0.717, 1.165) is 0 Å². The number of aromatic nitrogens is 1. The second-order valence-electron chi connectivity index (χ2n) is 5.76. The third kappa shape index (κ3) is 3.74. The molecular formula is C14H20N2O5. The molecule has 1 aliphatic rings. The van der Waals surface area contributed by atoms with E-state index in [1.54, 1.807) is 11.8 Å². The van der Waals surface area contributed by atoms with Gasteiger partial charge in [0.05, 0.1) is 13.2 Å². The highest BCUT2D eigenvalue weighted by atomic mass is 16.6. The van der Waals surface area contributed by atoms with Crippen molar-refractivity contribution in [3.05, 3.63) is 17.3 Å². The van der Waals surface area contributed by atoms with Crippen molar-refractivity contribution in [3.8, 4) is 0 Å². The minimum absolute atomic E-state index is 0.0621. The fourth-order valence-electron chi connectivity index (χ4n) is 1.96. The lowest BCUT2D eigenvalue weighted by molar-refractivity contribution is 0.0216. The van der Waals surface area contributed by atoms with Crippen LogP contribution in [0.15, 0.2) is 4.42 Å². The van der Waals surface area contributed by atoms with Crippen LogP contribution in [0.1, 0.15) is 49.8 Å². The number of hydrogen-bond acceptors (Lipinski definition) is 6. The molecule has 21 heavy (non-hydrogen) atoms. The van der Waals surface area contributed by atoms with Crippen LogP contribution in [-0.2, 0) is 22.4 Å². The number of nitrogens with zero attached hydrogens (tertiary/aromatic N) is 2. The minimum Gasteiger partial charge on any atom is -0.459 e. The van der Waals surface area contributed by atoms with Crippen LogP contribution >= 0.6 is 0 Å². The summed E-state index contributed by atoms with van der Waals surface area (Å²) in [6.45, 7) is 8.16. The lowest BCUT2D eigenvalue weighted by Crippen LogP contribution is -2.39. The van der Waals surface area contributed by atoms with Crippen LogP contribution < -0.4 is 0 Å². The molecule has 0 unspecified atom stereocenters. The van der Waals surface area contributed by atoms with Crippen molar-refractivity contribution in [1.29, 1.82) is 0 Å². The van der Waals surface area contributed by atoms with E-state index >= 15 is 0 Å². The van der Waals surface area contributed by atoms with E-state index in [1.165, 1.54) is 0 Å². The summed E-state index contributed by atoms with van der Waals surface area (Å²) in [5, 5.41) is 0. The molecule has 0 radical (unpaired) electrons. The molecule has 2 rings (SSSR count). The van der Waals surface area contributed by atoms with Crippen LogP contribution in [0.25, 0.3) is 0 Å². The van der Waals surface area contributed by atoms with Crippen molar-refractivity contribution in [2.45, 2.75) is 46.3 Å². The summed E-state index contributed by atoms with van der Waals surface area (Å²) in [6.07, 6.45) is 0.106. The molecule has 7 heteroatoms. The highest BCUT2D eigenvalue weighted by molar-refractivity contribution is 5.84. The molecule has 0 bridgehead atoms. The third-order valence-corrected chi connectivity index (χ3v) is 2.83. The Labute approximate surface area is 123 Å². The molecule has 0 aromatic carbocycles. The van der Waals surface area contributed by atoms with E-state index in [4.69, 9.17) is 13.9 Å². The van der Waals surface area contributed by atoms with Gasteiger partial charge in [-0.05, 0) is 27.7 Å². The first kappa shape index (κ1) is 15.3. The maximum absolute atomic E-state index is 12.0. The topological polar surface area (TPSA) is 81.9 Å². The molecule has 1 aliphatic heterocycles. The average Bonchev–Trinajstić information content (AvgIpc) is 2.79. The second-order valence-corrected chi connectivity index (χ2v) is 5.76. The summed E-state index contributed by atoms with van der Waals surface area (Å²) in [6, 6.07) is 0. The van der Waals surface area contributed by atoms with Crippen molar-refractivity contribution < 1.29 is 23.5 Å². The molecule has 1 aromatic rings. The van der Waals surface area contributed by atoms with Gasteiger partial charge in [0, 0.05) is 13.0 Å². The Morgan fingerprint density at radius 3 is 2.71 bits per heavy atom. The number of carbonyl (C=O) groups excluding carboxylic acids is 2. The third-order valence-electron chi connectivity index (χ3n) is 2.83. The number of carbonyl (C=O) groups is 2. The van der Waals surface area contributed by atoms with Crippen molar-refractivity contribution in [2.75, 3.05) is 13.2 Å². The molecule has 0 saturated carbocycles. The molecule has 2 heterocycles. The average molecular weight is 296 g/mol. The van der Waals surface area contributed by atoms with Gasteiger partial charge in [0.25, 0.3) is 0 Å². The number of esters is 1. The Kier molecular flexibility index (Phi) is 4.20. The zero-order valence-corrected chi connectivity index (χ0v) is 12.8. The Hall–Kier alpha value is -2.05. The van der Waals surface area contributed by atoms with Gasteiger partial charge in [0.1, 0.15) is 17.1 Å². The number of rotatable bonds is 2. The number of hydrogen-bond donors (Lipinski definition) is 0. The standard InChI is InChI=1S/C14H20N2O5/c1-5-19-12(17)11-15-9-8-16(7-6-10(9)20-11)13(18)21-14(2,3)4/h5-8H2,1-4H3. The first-order valence-corrected chi connectivity index (χ1v) is 6.94. The summed E-state index contributed by atoms with van der Waals surface area (Å²) in [7, 11) is 0. The Bertz CT molecular complexity index is 544. The molecule has 1 amide bonds. The number of amides is 1. The number of oxazole rings is 1. The van der Waals surface area contributed by atoms with Crippen molar-refractivity contribution in [3.63, 3.8) is 0 Å². The molecule has 1 aromatic heterocycles. The van der Waals surface area contributed by atoms with Gasteiger partial charge in [-0.3, -0.25) is 0 Å². The van der Waals surface area contributed by atoms with Gasteiger partial charge in [0.2, 0.25) is 0 Å². The van der Waals surface area contributed by atoms with E-state index < -0.39 is 17.7 Å². The fraction of sp³-hybridized carbons (Fsp3) is 0.643. The van der Waals surface area contributed by atoms with Crippen LogP contribution in [0.4, 0.5) is 4.79 Å². The summed E-state index contributed by atoms with van der Waals surface area (Å²) < 4.78 is 15.6. The minimum atomic E-state index is -0.587. The quantitative estimate of drug-likeness (QED) is 0.778. The van der Waals surface area contributed by atoms with Gasteiger partial charge >= 0.3 is 18.0 Å². The maximum Gasteiger partial charge on any atom is 0.410 e. The Morgan fingerprint density at radius 2 is 2.10 bits per heavy atom. The van der Waals surface area contributed by atoms with Gasteiger partial charge < -0.3 is 18.8 Å². The molecule has 116 valence electrons. The van der Waals surface area contributed by atoms with Crippen LogP contribution in [-0.4, -0.2) is 40.7 Å². The van der Waals surface area contributed by atoms with Crippen molar-refractivity contribution in [1.82, 2.24) is 9.88 Å². The van der Waals surface area contributed by atoms with Gasteiger partial charge in [-0.15, -0.1) is 0 Å². The van der Waals surface area contributed by atoms with E-state index in [2.05, 4.69) is 4.98 Å². The van der Waals surface area contributed by atoms with Crippen molar-refractivity contribution >= 4 is 12.1 Å². The van der Waals surface area contributed by atoms with Gasteiger partial charge in [-0.2, -0.15) is 0 Å². The molecule has 0 spiro atoms. The van der Waals surface area contributed by atoms with Gasteiger partial charge in [-0.1, -0.05) is 0 Å². The molecular weight excluding hydrogens is 276 g/mol. The molecule has 7 nitrogen and oxygen atoms in total. The molecule has 0 atom stereocenters. The van der Waals surface area contributed by atoms with E-state index in [-0.39, 0.29) is 19.0 Å². The molecule has 0 fully saturated rings. The predicted octanol–water partition coefficient (Wildman–Crippen LogP) is 2.14. The zero-order valence-electron chi connectivity index (χ0n) is 12.8. The van der Waals surface area contributed by atoms with Gasteiger partial charge in [-0.25, -0.2) is 14.6 Å². The number of ether oxygens (including phenoxy) is 2. The first-order valence-electron chi connectivity index (χ1n) is 6.94. The maximum atomic E-state index is 12.0. The van der Waals surface area contributed by atoms with E-state index in [9.17, 15) is 9.59 Å². The lowest BCUT2D eigenvalue weighted by Gasteiger charge is -2.28. The molecule has 0 aliphatic carbocycles. The van der Waals surface area contributed by atoms with E-state index in [1.807, 2.05) is 20.8 Å². The van der Waals surface area contributed by atoms with Crippen molar-refractivity contribution in [2.24, 2.45) is 0 Å². The Morgan fingerprint density at radius 1 is 1.38 bits per heavy atom. The summed E-state index contributed by atoms with van der Waals surface area (Å²) in [4.78, 5) is 29.3. The smallest absolute Gasteiger partial charge is 0.410 e. The fourth-order valence-corrected chi connectivity index (χ4v) is 1.96. The molecule has 0 saturated heterocycles. The Balaban J connectivity index is 2.07. The largest absolute Gasteiger partial charge is 0.459 e. The normalized spacial score (nSPS) is 14.6. The summed E-state index contributed by atoms with van der Waals surface area (Å²) >= 11 is 0. The highest BCUT2D eigenvalue weighted by Crippen LogP contribution is 2.22. The van der Waals surface area contributed by atoms with Crippen LogP contribution in [0.2, 0.25) is 0 Å². The monoisotopic (exact) mass is 296 g/mol.